The average molecular weight is 252 g/mol. The highest BCUT2D eigenvalue weighted by atomic mass is 16.3. The first kappa shape index (κ1) is 14.3. The van der Waals surface area contributed by atoms with Crippen molar-refractivity contribution in [3.63, 3.8) is 0 Å². The van der Waals surface area contributed by atoms with Crippen LogP contribution >= 0.6 is 0 Å². The summed E-state index contributed by atoms with van der Waals surface area (Å²) in [6, 6.07) is 4.33. The molecule has 1 rings (SSSR count). The standard InChI is InChI=1S/C13H20N2O3/c1-3-15(4-2)9-8-14-13(18)10-6-5-7-11(16)12(10)17/h5-7,16-17H,3-4,8-9H2,1-2H3,(H,14,18). The molecule has 5 nitrogen and oxygen atoms in total. The van der Waals surface area contributed by atoms with Crippen molar-refractivity contribution in [3.8, 4) is 11.5 Å². The van der Waals surface area contributed by atoms with Gasteiger partial charge in [-0.05, 0) is 25.2 Å². The molecule has 5 heteroatoms. The maximum absolute atomic E-state index is 11.8. The van der Waals surface area contributed by atoms with Gasteiger partial charge in [-0.2, -0.15) is 0 Å². The van der Waals surface area contributed by atoms with Crippen LogP contribution in [0.3, 0.4) is 0 Å². The second-order valence-electron chi connectivity index (χ2n) is 3.96. The van der Waals surface area contributed by atoms with Crippen LogP contribution in [-0.4, -0.2) is 47.2 Å². The summed E-state index contributed by atoms with van der Waals surface area (Å²) in [5.41, 5.74) is 0.0922. The molecular weight excluding hydrogens is 232 g/mol. The van der Waals surface area contributed by atoms with Crippen LogP contribution in [0.5, 0.6) is 11.5 Å². The Balaban J connectivity index is 2.53. The van der Waals surface area contributed by atoms with Crippen molar-refractivity contribution >= 4 is 5.91 Å². The van der Waals surface area contributed by atoms with Crippen LogP contribution in [-0.2, 0) is 0 Å². The Labute approximate surface area is 107 Å². The Morgan fingerprint density at radius 3 is 2.56 bits per heavy atom. The number of hydrogen-bond donors (Lipinski definition) is 3. The first-order valence-corrected chi connectivity index (χ1v) is 6.11. The SMILES string of the molecule is CCN(CC)CCNC(=O)c1cccc(O)c1O. The normalized spacial score (nSPS) is 10.6. The molecule has 0 aromatic heterocycles. The third-order valence-corrected chi connectivity index (χ3v) is 2.87. The zero-order valence-electron chi connectivity index (χ0n) is 10.8. The maximum atomic E-state index is 11.8. The Hall–Kier alpha value is -1.75. The van der Waals surface area contributed by atoms with E-state index >= 15 is 0 Å². The van der Waals surface area contributed by atoms with Crippen LogP contribution in [0.1, 0.15) is 24.2 Å². The Kier molecular flexibility index (Phi) is 5.45. The fourth-order valence-electron chi connectivity index (χ4n) is 1.68. The van der Waals surface area contributed by atoms with Crippen molar-refractivity contribution in [3.05, 3.63) is 23.8 Å². The minimum atomic E-state index is -0.379. The van der Waals surface area contributed by atoms with Gasteiger partial charge in [-0.3, -0.25) is 4.79 Å². The highest BCUT2D eigenvalue weighted by Gasteiger charge is 2.13. The molecule has 1 aromatic rings. The molecule has 100 valence electrons. The molecule has 0 spiro atoms. The summed E-state index contributed by atoms with van der Waals surface area (Å²) in [5, 5.41) is 21.6. The molecule has 0 fully saturated rings. The zero-order chi connectivity index (χ0) is 13.5. The molecule has 0 aliphatic heterocycles. The van der Waals surface area contributed by atoms with Crippen molar-refractivity contribution in [1.29, 1.82) is 0 Å². The van der Waals surface area contributed by atoms with E-state index in [1.54, 1.807) is 0 Å². The van der Waals surface area contributed by atoms with E-state index < -0.39 is 0 Å². The fraction of sp³-hybridized carbons (Fsp3) is 0.462. The smallest absolute Gasteiger partial charge is 0.255 e. The summed E-state index contributed by atoms with van der Waals surface area (Å²) < 4.78 is 0. The van der Waals surface area contributed by atoms with Gasteiger partial charge in [0.1, 0.15) is 0 Å². The summed E-state index contributed by atoms with van der Waals surface area (Å²) in [4.78, 5) is 14.0. The average Bonchev–Trinajstić information content (AvgIpc) is 2.37. The second kappa shape index (κ2) is 6.86. The number of nitrogens with zero attached hydrogens (tertiary/aromatic N) is 1. The molecule has 0 bridgehead atoms. The molecule has 18 heavy (non-hydrogen) atoms. The van der Waals surface area contributed by atoms with E-state index in [0.29, 0.717) is 6.54 Å². The Morgan fingerprint density at radius 2 is 1.94 bits per heavy atom. The molecule has 1 amide bonds. The third kappa shape index (κ3) is 3.63. The van der Waals surface area contributed by atoms with Gasteiger partial charge in [-0.25, -0.2) is 0 Å². The highest BCUT2D eigenvalue weighted by Crippen LogP contribution is 2.27. The van der Waals surface area contributed by atoms with Crippen LogP contribution in [0.25, 0.3) is 0 Å². The largest absolute Gasteiger partial charge is 0.504 e. The summed E-state index contributed by atoms with van der Waals surface area (Å²) in [6.07, 6.45) is 0. The number of hydrogen-bond acceptors (Lipinski definition) is 4. The molecule has 3 N–H and O–H groups in total. The predicted molar refractivity (Wildman–Crippen MR) is 69.9 cm³/mol. The monoisotopic (exact) mass is 252 g/mol. The topological polar surface area (TPSA) is 72.8 Å². The number of aromatic hydroxyl groups is 2. The molecular formula is C13H20N2O3. The number of rotatable bonds is 6. The van der Waals surface area contributed by atoms with Gasteiger partial charge in [0, 0.05) is 13.1 Å². The van der Waals surface area contributed by atoms with Crippen molar-refractivity contribution in [1.82, 2.24) is 10.2 Å². The number of phenols is 2. The minimum absolute atomic E-state index is 0.0922. The van der Waals surface area contributed by atoms with Crippen molar-refractivity contribution in [2.24, 2.45) is 0 Å². The van der Waals surface area contributed by atoms with Crippen LogP contribution < -0.4 is 5.32 Å². The zero-order valence-corrected chi connectivity index (χ0v) is 10.8. The van der Waals surface area contributed by atoms with Crippen molar-refractivity contribution in [2.45, 2.75) is 13.8 Å². The van der Waals surface area contributed by atoms with Gasteiger partial charge in [0.15, 0.2) is 11.5 Å². The van der Waals surface area contributed by atoms with E-state index in [1.165, 1.54) is 18.2 Å². The van der Waals surface area contributed by atoms with Crippen molar-refractivity contribution < 1.29 is 15.0 Å². The van der Waals surface area contributed by atoms with Gasteiger partial charge < -0.3 is 20.4 Å². The van der Waals surface area contributed by atoms with Crippen LogP contribution in [0.2, 0.25) is 0 Å². The number of carbonyl (C=O) groups excluding carboxylic acids is 1. The van der Waals surface area contributed by atoms with Crippen LogP contribution in [0, 0.1) is 0 Å². The van der Waals surface area contributed by atoms with Gasteiger partial charge in [0.2, 0.25) is 0 Å². The lowest BCUT2D eigenvalue weighted by molar-refractivity contribution is 0.0945. The first-order chi connectivity index (χ1) is 8.60. The predicted octanol–water partition coefficient (Wildman–Crippen LogP) is 1.17. The number of nitrogens with one attached hydrogen (secondary N) is 1. The minimum Gasteiger partial charge on any atom is -0.504 e. The summed E-state index contributed by atoms with van der Waals surface area (Å²) >= 11 is 0. The molecule has 0 atom stereocenters. The van der Waals surface area contributed by atoms with Crippen LogP contribution in [0.4, 0.5) is 0 Å². The molecule has 0 heterocycles. The van der Waals surface area contributed by atoms with Crippen LogP contribution in [0.15, 0.2) is 18.2 Å². The second-order valence-corrected chi connectivity index (χ2v) is 3.96. The number of benzene rings is 1. The van der Waals surface area contributed by atoms with E-state index in [-0.39, 0.29) is 23.0 Å². The number of carbonyl (C=O) groups is 1. The van der Waals surface area contributed by atoms with E-state index in [1.807, 2.05) is 0 Å². The number of phenolic OH excluding ortho intramolecular Hbond substituents is 2. The van der Waals surface area contributed by atoms with Crippen molar-refractivity contribution in [2.75, 3.05) is 26.2 Å². The maximum Gasteiger partial charge on any atom is 0.255 e. The molecule has 0 aliphatic rings. The van der Waals surface area contributed by atoms with Gasteiger partial charge in [-0.1, -0.05) is 19.9 Å². The molecule has 0 saturated heterocycles. The van der Waals surface area contributed by atoms with E-state index in [2.05, 4.69) is 24.1 Å². The van der Waals surface area contributed by atoms with E-state index in [0.717, 1.165) is 19.6 Å². The molecule has 0 saturated carbocycles. The van der Waals surface area contributed by atoms with Gasteiger partial charge in [0.25, 0.3) is 5.91 Å². The summed E-state index contributed by atoms with van der Waals surface area (Å²) in [6.45, 7) is 7.26. The molecule has 0 unspecified atom stereocenters. The number of likely N-dealkylation sites (N-methyl/N-ethyl adjacent to an activating group) is 1. The summed E-state index contributed by atoms with van der Waals surface area (Å²) in [7, 11) is 0. The number of para-hydroxylation sites is 1. The highest BCUT2D eigenvalue weighted by molar-refractivity contribution is 5.97. The van der Waals surface area contributed by atoms with Gasteiger partial charge >= 0.3 is 0 Å². The van der Waals surface area contributed by atoms with E-state index in [4.69, 9.17) is 0 Å². The lowest BCUT2D eigenvalue weighted by atomic mass is 10.1. The van der Waals surface area contributed by atoms with Gasteiger partial charge in [0.05, 0.1) is 5.56 Å². The Bertz CT molecular complexity index is 403. The lowest BCUT2D eigenvalue weighted by Gasteiger charge is -2.18. The lowest BCUT2D eigenvalue weighted by Crippen LogP contribution is -2.34. The summed E-state index contributed by atoms with van der Waals surface area (Å²) in [5.74, 6) is -1.04. The van der Waals surface area contributed by atoms with E-state index in [9.17, 15) is 15.0 Å². The molecule has 0 radical (unpaired) electrons. The fourth-order valence-corrected chi connectivity index (χ4v) is 1.68. The molecule has 1 aromatic carbocycles. The number of amides is 1. The Morgan fingerprint density at radius 1 is 1.28 bits per heavy atom. The molecule has 0 aliphatic carbocycles. The van der Waals surface area contributed by atoms with Gasteiger partial charge in [-0.15, -0.1) is 0 Å². The third-order valence-electron chi connectivity index (χ3n) is 2.87. The first-order valence-electron chi connectivity index (χ1n) is 6.11. The quantitative estimate of drug-likeness (QED) is 0.664.